The second kappa shape index (κ2) is 15.2. The molecule has 5 rings (SSSR count). The van der Waals surface area contributed by atoms with Gasteiger partial charge < -0.3 is 38.3 Å². The molecule has 0 fully saturated rings. The molecule has 5 aromatic carbocycles. The Morgan fingerprint density at radius 1 is 0.528 bits per heavy atom. The van der Waals surface area contributed by atoms with Gasteiger partial charge >= 0.3 is 5.97 Å². The number of aromatic hydroxyl groups is 1. The lowest BCUT2D eigenvalue weighted by Crippen LogP contribution is -2.17. The van der Waals surface area contributed by atoms with Crippen molar-refractivity contribution >= 4 is 16.7 Å². The van der Waals surface area contributed by atoms with Crippen LogP contribution in [0, 0.1) is 0 Å². The molecule has 0 radical (unpaired) electrons. The Hall–Kier alpha value is -5.57. The molecular weight excluding hydrogens is 672 g/mol. The van der Waals surface area contributed by atoms with Crippen molar-refractivity contribution in [1.29, 1.82) is 0 Å². The van der Waals surface area contributed by atoms with Crippen molar-refractivity contribution < 1.29 is 43.1 Å². The zero-order chi connectivity index (χ0) is 38.8. The summed E-state index contributed by atoms with van der Waals surface area (Å²) in [5, 5.41) is 13.3. The molecule has 0 bridgehead atoms. The largest absolute Gasteiger partial charge is 0.507 e. The number of carbonyl (C=O) groups is 1. The quantitative estimate of drug-likeness (QED) is 0.105. The van der Waals surface area contributed by atoms with E-state index in [1.165, 1.54) is 0 Å². The van der Waals surface area contributed by atoms with Crippen LogP contribution in [0.25, 0.3) is 33.0 Å². The smallest absolute Gasteiger partial charge is 0.315 e. The van der Waals surface area contributed by atoms with Crippen molar-refractivity contribution in [3.63, 3.8) is 0 Å². The van der Waals surface area contributed by atoms with Crippen molar-refractivity contribution in [1.82, 2.24) is 0 Å². The molecule has 280 valence electrons. The van der Waals surface area contributed by atoms with Gasteiger partial charge in [-0.25, -0.2) is 0 Å². The number of hydrogen-bond donors (Lipinski definition) is 1. The van der Waals surface area contributed by atoms with Crippen molar-refractivity contribution in [3.8, 4) is 68.2 Å². The van der Waals surface area contributed by atoms with Gasteiger partial charge in [0.15, 0.2) is 34.5 Å². The molecule has 0 aromatic heterocycles. The maximum absolute atomic E-state index is 13.9. The number of benzene rings is 5. The summed E-state index contributed by atoms with van der Waals surface area (Å²) in [5.74, 6) is 3.25. The van der Waals surface area contributed by atoms with Gasteiger partial charge in [-0.05, 0) is 92.9 Å². The van der Waals surface area contributed by atoms with Crippen molar-refractivity contribution in [3.05, 3.63) is 83.4 Å². The average Bonchev–Trinajstić information content (AvgIpc) is 3.12. The molecule has 5 aromatic rings. The normalized spacial score (nSPS) is 11.6. The SMILES string of the molecule is COc1ccc(CC(=O)Oc2cc3cc(OC)c(OC)cc3c(-c3cc(C(C)(C)C)c(O)c(C(C)(C)C)c3)c2-c2ccc(OC)c(OC)c2)cc1OC. The van der Waals surface area contributed by atoms with E-state index in [9.17, 15) is 9.90 Å². The van der Waals surface area contributed by atoms with Crippen molar-refractivity contribution in [2.24, 2.45) is 0 Å². The summed E-state index contributed by atoms with van der Waals surface area (Å²) >= 11 is 0. The molecule has 0 atom stereocenters. The summed E-state index contributed by atoms with van der Waals surface area (Å²) < 4.78 is 40.2. The summed E-state index contributed by atoms with van der Waals surface area (Å²) in [5.41, 5.74) is 4.36. The van der Waals surface area contributed by atoms with Gasteiger partial charge in [-0.2, -0.15) is 0 Å². The van der Waals surface area contributed by atoms with Gasteiger partial charge in [0.05, 0.1) is 49.1 Å². The molecule has 0 unspecified atom stereocenters. The molecule has 0 spiro atoms. The van der Waals surface area contributed by atoms with Crippen molar-refractivity contribution in [2.75, 3.05) is 42.7 Å². The first-order chi connectivity index (χ1) is 25.1. The third kappa shape index (κ3) is 7.80. The molecule has 0 saturated heterocycles. The van der Waals surface area contributed by atoms with Gasteiger partial charge in [0, 0.05) is 22.3 Å². The number of methoxy groups -OCH3 is 6. The zero-order valence-corrected chi connectivity index (χ0v) is 32.8. The lowest BCUT2D eigenvalue weighted by Gasteiger charge is -2.29. The lowest BCUT2D eigenvalue weighted by molar-refractivity contribution is -0.133. The summed E-state index contributed by atoms with van der Waals surface area (Å²) in [6, 6.07) is 20.6. The maximum Gasteiger partial charge on any atom is 0.315 e. The molecule has 0 amide bonds. The first-order valence-electron chi connectivity index (χ1n) is 17.3. The minimum absolute atomic E-state index is 0.0351. The van der Waals surface area contributed by atoms with Crippen LogP contribution in [-0.2, 0) is 22.0 Å². The van der Waals surface area contributed by atoms with Crippen LogP contribution in [0.15, 0.2) is 66.7 Å². The van der Waals surface area contributed by atoms with Crippen LogP contribution in [0.4, 0.5) is 0 Å². The van der Waals surface area contributed by atoms with Gasteiger partial charge in [-0.15, -0.1) is 0 Å². The van der Waals surface area contributed by atoms with E-state index >= 15 is 0 Å². The summed E-state index contributed by atoms with van der Waals surface area (Å²) in [4.78, 5) is 13.9. The molecular formula is C44H50O9. The Kier molecular flexibility index (Phi) is 11.1. The van der Waals surface area contributed by atoms with E-state index in [0.717, 1.165) is 33.0 Å². The van der Waals surface area contributed by atoms with Crippen LogP contribution in [0.3, 0.4) is 0 Å². The predicted octanol–water partition coefficient (Wildman–Crippen LogP) is 9.67. The minimum Gasteiger partial charge on any atom is -0.507 e. The first-order valence-corrected chi connectivity index (χ1v) is 17.3. The summed E-state index contributed by atoms with van der Waals surface area (Å²) in [6.07, 6.45) is -0.0351. The Morgan fingerprint density at radius 2 is 1.00 bits per heavy atom. The first kappa shape index (κ1) is 38.7. The number of phenolic OH excluding ortho intramolecular Hbond substituents is 1. The van der Waals surface area contributed by atoms with E-state index in [1.807, 2.05) is 48.5 Å². The molecule has 9 nitrogen and oxygen atoms in total. The monoisotopic (exact) mass is 722 g/mol. The van der Waals surface area contributed by atoms with Crippen LogP contribution in [-0.4, -0.2) is 53.7 Å². The predicted molar refractivity (Wildman–Crippen MR) is 209 cm³/mol. The Morgan fingerprint density at radius 3 is 1.53 bits per heavy atom. The molecule has 1 N–H and O–H groups in total. The van der Waals surface area contributed by atoms with Crippen LogP contribution in [0.1, 0.15) is 58.2 Å². The highest BCUT2D eigenvalue weighted by Crippen LogP contribution is 2.51. The highest BCUT2D eigenvalue weighted by atomic mass is 16.5. The van der Waals surface area contributed by atoms with Crippen LogP contribution >= 0.6 is 0 Å². The number of phenols is 1. The zero-order valence-electron chi connectivity index (χ0n) is 32.8. The second-order valence-corrected chi connectivity index (χ2v) is 14.9. The van der Waals surface area contributed by atoms with Crippen molar-refractivity contribution in [2.45, 2.75) is 58.8 Å². The molecule has 53 heavy (non-hydrogen) atoms. The van der Waals surface area contributed by atoms with E-state index < -0.39 is 16.8 Å². The molecule has 0 aliphatic carbocycles. The Bertz CT molecular complexity index is 2120. The maximum atomic E-state index is 13.9. The van der Waals surface area contributed by atoms with Crippen LogP contribution < -0.4 is 33.2 Å². The van der Waals surface area contributed by atoms with Crippen LogP contribution in [0.2, 0.25) is 0 Å². The summed E-state index contributed by atoms with van der Waals surface area (Å²) in [7, 11) is 9.45. The summed E-state index contributed by atoms with van der Waals surface area (Å²) in [6.45, 7) is 12.5. The van der Waals surface area contributed by atoms with E-state index in [4.69, 9.17) is 33.2 Å². The second-order valence-electron chi connectivity index (χ2n) is 14.9. The number of hydrogen-bond acceptors (Lipinski definition) is 9. The van der Waals surface area contributed by atoms with Crippen LogP contribution in [0.5, 0.6) is 46.0 Å². The number of ether oxygens (including phenoxy) is 7. The Balaban J connectivity index is 1.90. The third-order valence-corrected chi connectivity index (χ3v) is 9.32. The van der Waals surface area contributed by atoms with E-state index in [0.29, 0.717) is 56.9 Å². The topological polar surface area (TPSA) is 102 Å². The average molecular weight is 723 g/mol. The molecule has 0 aliphatic heterocycles. The molecule has 0 heterocycles. The molecule has 0 saturated carbocycles. The highest BCUT2D eigenvalue weighted by molar-refractivity contribution is 6.08. The van der Waals surface area contributed by atoms with E-state index in [2.05, 4.69) is 41.5 Å². The molecule has 0 aliphatic rings. The van der Waals surface area contributed by atoms with E-state index in [1.54, 1.807) is 60.9 Å². The van der Waals surface area contributed by atoms with Gasteiger partial charge in [0.1, 0.15) is 11.5 Å². The standard InChI is InChI=1S/C44H50O9/c1-43(2,3)30-19-28(20-31(42(30)46)44(4,5)6)40-29-24-37(52-12)36(51-11)22-27(29)23-38(41(40)26-14-16-33(48-8)35(21-26)50-10)53-39(45)18-25-13-15-32(47-7)34(17-25)49-9/h13-17,19-24,46H,18H2,1-12H3. The Labute approximate surface area is 312 Å². The lowest BCUT2D eigenvalue weighted by atomic mass is 9.76. The number of esters is 1. The number of fused-ring (bicyclic) bond motifs is 1. The van der Waals surface area contributed by atoms with Gasteiger partial charge in [-0.3, -0.25) is 4.79 Å². The van der Waals surface area contributed by atoms with E-state index in [-0.39, 0.29) is 12.2 Å². The fraction of sp³-hybridized carbons (Fsp3) is 0.341. The minimum atomic E-state index is -0.485. The van der Waals surface area contributed by atoms with Gasteiger partial charge in [0.2, 0.25) is 0 Å². The number of rotatable bonds is 11. The fourth-order valence-corrected chi connectivity index (χ4v) is 6.60. The fourth-order valence-electron chi connectivity index (χ4n) is 6.60. The van der Waals surface area contributed by atoms with Gasteiger partial charge in [0.25, 0.3) is 0 Å². The number of carbonyl (C=O) groups excluding carboxylic acids is 1. The highest BCUT2D eigenvalue weighted by Gasteiger charge is 2.30. The third-order valence-electron chi connectivity index (χ3n) is 9.32. The van der Waals surface area contributed by atoms with Gasteiger partial charge in [-0.1, -0.05) is 53.7 Å². The molecule has 9 heteroatoms.